The number of hydrogen-bond acceptors (Lipinski definition) is 4. The molecular weight excluding hydrogens is 426 g/mol. The van der Waals surface area contributed by atoms with Gasteiger partial charge in [0.15, 0.2) is 0 Å². The minimum absolute atomic E-state index is 0.281. The normalized spacial score (nSPS) is 11.9. The van der Waals surface area contributed by atoms with Gasteiger partial charge in [0.2, 0.25) is 11.8 Å². The van der Waals surface area contributed by atoms with E-state index in [1.54, 1.807) is 6.07 Å². The van der Waals surface area contributed by atoms with Gasteiger partial charge in [-0.05, 0) is 42.0 Å². The predicted octanol–water partition coefficient (Wildman–Crippen LogP) is 6.35. The molecule has 27 heavy (non-hydrogen) atoms. The lowest BCUT2D eigenvalue weighted by Gasteiger charge is -2.17. The predicted molar refractivity (Wildman–Crippen MR) is 111 cm³/mol. The zero-order chi connectivity index (χ0) is 18.6. The lowest BCUT2D eigenvalue weighted by Crippen LogP contribution is -2.12. The summed E-state index contributed by atoms with van der Waals surface area (Å²) in [6.45, 7) is 0. The van der Waals surface area contributed by atoms with Crippen LogP contribution in [0.15, 0.2) is 87.8 Å². The smallest absolute Gasteiger partial charge is 0.249 e. The van der Waals surface area contributed by atoms with Crippen LogP contribution in [-0.4, -0.2) is 10.2 Å². The summed E-state index contributed by atoms with van der Waals surface area (Å²) in [6.07, 6.45) is 0. The molecule has 4 nitrogen and oxygen atoms in total. The Morgan fingerprint density at radius 1 is 0.852 bits per heavy atom. The van der Waals surface area contributed by atoms with Gasteiger partial charge in [0.05, 0.1) is 10.6 Å². The SMILES string of the molecule is Clc1ccccc1-c1nnc([C@@H](Nc2ccc(Br)cc2)c2ccccc2)o1. The average molecular weight is 441 g/mol. The fourth-order valence-corrected chi connectivity index (χ4v) is 3.22. The number of halogens is 2. The summed E-state index contributed by atoms with van der Waals surface area (Å²) >= 11 is 9.72. The van der Waals surface area contributed by atoms with Crippen LogP contribution in [0.1, 0.15) is 17.5 Å². The Bertz CT molecular complexity index is 1030. The summed E-state index contributed by atoms with van der Waals surface area (Å²) in [6, 6.07) is 25.1. The van der Waals surface area contributed by atoms with Crippen LogP contribution in [0.25, 0.3) is 11.5 Å². The van der Waals surface area contributed by atoms with Gasteiger partial charge < -0.3 is 9.73 Å². The number of aromatic nitrogens is 2. The Kier molecular flexibility index (Phi) is 5.23. The molecule has 1 atom stereocenters. The highest BCUT2D eigenvalue weighted by molar-refractivity contribution is 9.10. The number of nitrogens with zero attached hydrogens (tertiary/aromatic N) is 2. The largest absolute Gasteiger partial charge is 0.418 e. The van der Waals surface area contributed by atoms with Gasteiger partial charge in [-0.15, -0.1) is 10.2 Å². The lowest BCUT2D eigenvalue weighted by molar-refractivity contribution is 0.494. The molecule has 1 N–H and O–H groups in total. The molecule has 0 spiro atoms. The molecule has 0 aliphatic rings. The highest BCUT2D eigenvalue weighted by atomic mass is 79.9. The van der Waals surface area contributed by atoms with Gasteiger partial charge in [0.1, 0.15) is 6.04 Å². The van der Waals surface area contributed by atoms with E-state index in [1.807, 2.05) is 72.8 Å². The van der Waals surface area contributed by atoms with E-state index in [0.717, 1.165) is 15.7 Å². The zero-order valence-corrected chi connectivity index (χ0v) is 16.5. The summed E-state index contributed by atoms with van der Waals surface area (Å²) in [7, 11) is 0. The van der Waals surface area contributed by atoms with Crippen LogP contribution in [0.2, 0.25) is 5.02 Å². The van der Waals surface area contributed by atoms with E-state index >= 15 is 0 Å². The fourth-order valence-electron chi connectivity index (χ4n) is 2.74. The van der Waals surface area contributed by atoms with E-state index in [0.29, 0.717) is 22.4 Å². The zero-order valence-electron chi connectivity index (χ0n) is 14.1. The van der Waals surface area contributed by atoms with Crippen molar-refractivity contribution in [2.45, 2.75) is 6.04 Å². The third kappa shape index (κ3) is 4.04. The molecule has 0 saturated heterocycles. The van der Waals surface area contributed by atoms with Crippen molar-refractivity contribution in [3.63, 3.8) is 0 Å². The summed E-state index contributed by atoms with van der Waals surface area (Å²) in [5, 5.41) is 12.5. The molecule has 6 heteroatoms. The van der Waals surface area contributed by atoms with Gasteiger partial charge in [-0.1, -0.05) is 70.0 Å². The van der Waals surface area contributed by atoms with Crippen molar-refractivity contribution >= 4 is 33.2 Å². The fraction of sp³-hybridized carbons (Fsp3) is 0.0476. The Morgan fingerprint density at radius 3 is 2.30 bits per heavy atom. The van der Waals surface area contributed by atoms with Gasteiger partial charge in [-0.2, -0.15) is 0 Å². The van der Waals surface area contributed by atoms with E-state index < -0.39 is 0 Å². The van der Waals surface area contributed by atoms with Crippen molar-refractivity contribution in [3.8, 4) is 11.5 Å². The molecule has 0 aliphatic carbocycles. The molecule has 0 aliphatic heterocycles. The first-order chi connectivity index (χ1) is 13.2. The molecule has 0 fully saturated rings. The van der Waals surface area contributed by atoms with Gasteiger partial charge in [-0.3, -0.25) is 0 Å². The first kappa shape index (κ1) is 17.8. The van der Waals surface area contributed by atoms with Crippen LogP contribution in [0.4, 0.5) is 5.69 Å². The molecule has 1 heterocycles. The van der Waals surface area contributed by atoms with E-state index in [1.165, 1.54) is 0 Å². The lowest BCUT2D eigenvalue weighted by atomic mass is 10.1. The molecule has 4 aromatic rings. The molecule has 0 radical (unpaired) electrons. The molecule has 3 aromatic carbocycles. The van der Waals surface area contributed by atoms with Crippen molar-refractivity contribution < 1.29 is 4.42 Å². The van der Waals surface area contributed by atoms with Crippen molar-refractivity contribution in [1.29, 1.82) is 0 Å². The number of benzene rings is 3. The second-order valence-electron chi connectivity index (χ2n) is 5.92. The van der Waals surface area contributed by atoms with Gasteiger partial charge >= 0.3 is 0 Å². The first-order valence-electron chi connectivity index (χ1n) is 8.36. The number of nitrogens with one attached hydrogen (secondary N) is 1. The van der Waals surface area contributed by atoms with Crippen LogP contribution < -0.4 is 5.32 Å². The Labute approximate surface area is 170 Å². The molecular formula is C21H15BrClN3O. The maximum absolute atomic E-state index is 6.26. The van der Waals surface area contributed by atoms with Crippen LogP contribution in [0.3, 0.4) is 0 Å². The summed E-state index contributed by atoms with van der Waals surface area (Å²) < 4.78 is 7.00. The van der Waals surface area contributed by atoms with Crippen molar-refractivity contribution in [2.75, 3.05) is 5.32 Å². The maximum Gasteiger partial charge on any atom is 0.249 e. The standard InChI is InChI=1S/C21H15BrClN3O/c22-15-10-12-16(13-11-15)24-19(14-6-2-1-3-7-14)21-26-25-20(27-21)17-8-4-5-9-18(17)23/h1-13,19,24H/t19-/m0/s1. The molecule has 0 saturated carbocycles. The monoisotopic (exact) mass is 439 g/mol. The van der Waals surface area contributed by atoms with E-state index in [9.17, 15) is 0 Å². The molecule has 0 amide bonds. The van der Waals surface area contributed by atoms with Gasteiger partial charge in [-0.25, -0.2) is 0 Å². The Hall–Kier alpha value is -2.63. The van der Waals surface area contributed by atoms with E-state index in [4.69, 9.17) is 16.0 Å². The van der Waals surface area contributed by atoms with Crippen LogP contribution in [0, 0.1) is 0 Å². The van der Waals surface area contributed by atoms with E-state index in [-0.39, 0.29) is 6.04 Å². The molecule has 134 valence electrons. The van der Waals surface area contributed by atoms with Crippen LogP contribution in [-0.2, 0) is 0 Å². The van der Waals surface area contributed by atoms with Gasteiger partial charge in [0.25, 0.3) is 0 Å². The molecule has 0 unspecified atom stereocenters. The van der Waals surface area contributed by atoms with Gasteiger partial charge in [0, 0.05) is 10.2 Å². The second-order valence-corrected chi connectivity index (χ2v) is 7.24. The molecule has 4 rings (SSSR count). The van der Waals surface area contributed by atoms with Crippen LogP contribution in [0.5, 0.6) is 0 Å². The Morgan fingerprint density at radius 2 is 1.56 bits per heavy atom. The second kappa shape index (κ2) is 7.94. The quantitative estimate of drug-likeness (QED) is 0.392. The highest BCUT2D eigenvalue weighted by Crippen LogP contribution is 2.31. The maximum atomic E-state index is 6.26. The van der Waals surface area contributed by atoms with E-state index in [2.05, 4.69) is 31.4 Å². The minimum atomic E-state index is -0.281. The molecule has 0 bridgehead atoms. The highest BCUT2D eigenvalue weighted by Gasteiger charge is 2.22. The third-order valence-corrected chi connectivity index (χ3v) is 4.94. The topological polar surface area (TPSA) is 51.0 Å². The molecule has 1 aromatic heterocycles. The summed E-state index contributed by atoms with van der Waals surface area (Å²) in [5.74, 6) is 0.869. The third-order valence-electron chi connectivity index (χ3n) is 4.08. The summed E-state index contributed by atoms with van der Waals surface area (Å²) in [5.41, 5.74) is 2.69. The first-order valence-corrected chi connectivity index (χ1v) is 9.53. The average Bonchev–Trinajstić information content (AvgIpc) is 3.18. The van der Waals surface area contributed by atoms with Crippen LogP contribution >= 0.6 is 27.5 Å². The van der Waals surface area contributed by atoms with Crippen molar-refractivity contribution in [2.24, 2.45) is 0 Å². The van der Waals surface area contributed by atoms with Crippen molar-refractivity contribution in [3.05, 3.63) is 99.8 Å². The van der Waals surface area contributed by atoms with Crippen molar-refractivity contribution in [1.82, 2.24) is 10.2 Å². The Balaban J connectivity index is 1.71. The minimum Gasteiger partial charge on any atom is -0.418 e. The number of anilines is 1. The number of hydrogen-bond donors (Lipinski definition) is 1. The summed E-state index contributed by atoms with van der Waals surface area (Å²) in [4.78, 5) is 0. The number of rotatable bonds is 5.